The molecule has 118 valence electrons. The molecule has 0 amide bonds. The van der Waals surface area contributed by atoms with E-state index in [-0.39, 0.29) is 0 Å². The Morgan fingerprint density at radius 2 is 2.05 bits per heavy atom. The monoisotopic (exact) mass is 293 g/mol. The van der Waals surface area contributed by atoms with Gasteiger partial charge in [-0.05, 0) is 19.9 Å². The van der Waals surface area contributed by atoms with Crippen molar-refractivity contribution in [2.75, 3.05) is 39.3 Å². The minimum atomic E-state index is 0.294. The average molecular weight is 293 g/mol. The van der Waals surface area contributed by atoms with Crippen LogP contribution in [0.3, 0.4) is 0 Å². The highest BCUT2D eigenvalue weighted by Crippen LogP contribution is 2.29. The van der Waals surface area contributed by atoms with E-state index < -0.39 is 0 Å². The molecule has 3 atom stereocenters. The van der Waals surface area contributed by atoms with Crippen LogP contribution in [0, 0.1) is 0 Å². The SMILES string of the molecule is CCNC(C)C(CC)c1nc(C2CN3CCN2CC3)no1. The van der Waals surface area contributed by atoms with Crippen molar-refractivity contribution in [1.82, 2.24) is 25.3 Å². The predicted octanol–water partition coefficient (Wildman–Crippen LogP) is 1.23. The number of aromatic nitrogens is 2. The normalized spacial score (nSPS) is 31.3. The fraction of sp³-hybridized carbons (Fsp3) is 0.867. The molecule has 6 nitrogen and oxygen atoms in total. The third kappa shape index (κ3) is 2.98. The van der Waals surface area contributed by atoms with Crippen LogP contribution < -0.4 is 5.32 Å². The minimum absolute atomic E-state index is 0.294. The number of nitrogens with zero attached hydrogens (tertiary/aromatic N) is 4. The number of rotatable bonds is 6. The molecule has 3 unspecified atom stereocenters. The molecule has 6 heteroatoms. The maximum atomic E-state index is 5.60. The van der Waals surface area contributed by atoms with E-state index in [1.807, 2.05) is 0 Å². The molecule has 0 spiro atoms. The van der Waals surface area contributed by atoms with Crippen LogP contribution in [-0.2, 0) is 0 Å². The number of fused-ring (bicyclic) bond motifs is 3. The van der Waals surface area contributed by atoms with Crippen LogP contribution in [0.4, 0.5) is 0 Å². The van der Waals surface area contributed by atoms with Crippen molar-refractivity contribution < 1.29 is 4.52 Å². The largest absolute Gasteiger partial charge is 0.339 e. The van der Waals surface area contributed by atoms with Gasteiger partial charge in [-0.25, -0.2) is 0 Å². The number of piperazine rings is 3. The van der Waals surface area contributed by atoms with Crippen molar-refractivity contribution >= 4 is 0 Å². The summed E-state index contributed by atoms with van der Waals surface area (Å²) < 4.78 is 5.60. The summed E-state index contributed by atoms with van der Waals surface area (Å²) in [6.45, 7) is 13.1. The molecule has 0 saturated carbocycles. The molecule has 3 saturated heterocycles. The molecular formula is C15H27N5O. The zero-order valence-electron chi connectivity index (χ0n) is 13.4. The summed E-state index contributed by atoms with van der Waals surface area (Å²) in [5.74, 6) is 1.96. The third-order valence-corrected chi connectivity index (χ3v) is 4.92. The molecule has 0 radical (unpaired) electrons. The van der Waals surface area contributed by atoms with Crippen LogP contribution in [0.5, 0.6) is 0 Å². The molecule has 2 bridgehead atoms. The van der Waals surface area contributed by atoms with E-state index in [4.69, 9.17) is 9.51 Å². The standard InChI is InChI=1S/C15H27N5O/c1-4-12(11(3)16-5-2)15-17-14(18-21-15)13-10-19-6-8-20(13)9-7-19/h11-13,16H,4-10H2,1-3H3. The first-order valence-electron chi connectivity index (χ1n) is 8.26. The second kappa shape index (κ2) is 6.42. The van der Waals surface area contributed by atoms with Gasteiger partial charge in [-0.3, -0.25) is 9.80 Å². The molecule has 0 aromatic carbocycles. The summed E-state index contributed by atoms with van der Waals surface area (Å²) >= 11 is 0. The van der Waals surface area contributed by atoms with Gasteiger partial charge in [-0.1, -0.05) is 19.0 Å². The Morgan fingerprint density at radius 1 is 1.29 bits per heavy atom. The molecule has 3 aliphatic rings. The minimum Gasteiger partial charge on any atom is -0.339 e. The highest BCUT2D eigenvalue weighted by molar-refractivity contribution is 5.04. The average Bonchev–Trinajstić information content (AvgIpc) is 2.99. The van der Waals surface area contributed by atoms with Crippen LogP contribution in [0.25, 0.3) is 0 Å². The maximum absolute atomic E-state index is 5.60. The van der Waals surface area contributed by atoms with Crippen molar-refractivity contribution in [2.45, 2.75) is 45.2 Å². The second-order valence-electron chi connectivity index (χ2n) is 6.20. The molecule has 4 rings (SSSR count). The Labute approximate surface area is 126 Å². The van der Waals surface area contributed by atoms with Crippen LogP contribution in [-0.4, -0.2) is 65.3 Å². The van der Waals surface area contributed by atoms with Gasteiger partial charge in [-0.2, -0.15) is 4.98 Å². The Bertz CT molecular complexity index is 455. The molecule has 4 heterocycles. The summed E-state index contributed by atoms with van der Waals surface area (Å²) in [6.07, 6.45) is 1.01. The third-order valence-electron chi connectivity index (χ3n) is 4.92. The van der Waals surface area contributed by atoms with Crippen molar-refractivity contribution in [2.24, 2.45) is 0 Å². The smallest absolute Gasteiger partial charge is 0.231 e. The van der Waals surface area contributed by atoms with Gasteiger partial charge in [0.1, 0.15) is 0 Å². The van der Waals surface area contributed by atoms with Crippen molar-refractivity contribution in [3.05, 3.63) is 11.7 Å². The summed E-state index contributed by atoms with van der Waals surface area (Å²) in [5.41, 5.74) is 0. The van der Waals surface area contributed by atoms with E-state index in [0.717, 1.165) is 44.3 Å². The van der Waals surface area contributed by atoms with Gasteiger partial charge in [0, 0.05) is 38.8 Å². The Kier molecular flexibility index (Phi) is 4.57. The van der Waals surface area contributed by atoms with E-state index in [9.17, 15) is 0 Å². The van der Waals surface area contributed by atoms with E-state index in [1.165, 1.54) is 13.1 Å². The zero-order chi connectivity index (χ0) is 14.8. The summed E-state index contributed by atoms with van der Waals surface area (Å²) in [5, 5.41) is 7.75. The molecule has 1 aromatic rings. The van der Waals surface area contributed by atoms with Crippen molar-refractivity contribution in [3.63, 3.8) is 0 Å². The van der Waals surface area contributed by atoms with E-state index >= 15 is 0 Å². The number of likely N-dealkylation sites (N-methyl/N-ethyl adjacent to an activating group) is 1. The van der Waals surface area contributed by atoms with Gasteiger partial charge in [0.15, 0.2) is 5.82 Å². The fourth-order valence-electron chi connectivity index (χ4n) is 3.60. The second-order valence-corrected chi connectivity index (χ2v) is 6.20. The van der Waals surface area contributed by atoms with Crippen molar-refractivity contribution in [1.29, 1.82) is 0 Å². The Morgan fingerprint density at radius 3 is 2.62 bits per heavy atom. The van der Waals surface area contributed by atoms with Gasteiger partial charge < -0.3 is 9.84 Å². The van der Waals surface area contributed by atoms with Gasteiger partial charge in [0.05, 0.1) is 12.0 Å². The molecular weight excluding hydrogens is 266 g/mol. The Balaban J connectivity index is 1.73. The first-order chi connectivity index (χ1) is 10.2. The van der Waals surface area contributed by atoms with E-state index in [1.54, 1.807) is 0 Å². The van der Waals surface area contributed by atoms with Crippen LogP contribution in [0.15, 0.2) is 4.52 Å². The van der Waals surface area contributed by atoms with Gasteiger partial charge in [0.25, 0.3) is 0 Å². The topological polar surface area (TPSA) is 57.4 Å². The first kappa shape index (κ1) is 14.9. The zero-order valence-corrected chi connectivity index (χ0v) is 13.4. The lowest BCUT2D eigenvalue weighted by atomic mass is 9.98. The molecule has 1 aromatic heterocycles. The molecule has 1 N–H and O–H groups in total. The highest BCUT2D eigenvalue weighted by atomic mass is 16.5. The number of hydrogen-bond acceptors (Lipinski definition) is 6. The van der Waals surface area contributed by atoms with Crippen molar-refractivity contribution in [3.8, 4) is 0 Å². The highest BCUT2D eigenvalue weighted by Gasteiger charge is 2.36. The fourth-order valence-corrected chi connectivity index (χ4v) is 3.60. The predicted molar refractivity (Wildman–Crippen MR) is 81.2 cm³/mol. The summed E-state index contributed by atoms with van der Waals surface area (Å²) in [6, 6.07) is 0.678. The van der Waals surface area contributed by atoms with Gasteiger partial charge in [0.2, 0.25) is 5.89 Å². The van der Waals surface area contributed by atoms with Crippen LogP contribution >= 0.6 is 0 Å². The summed E-state index contributed by atoms with van der Waals surface area (Å²) in [4.78, 5) is 9.73. The van der Waals surface area contributed by atoms with Crippen LogP contribution in [0.2, 0.25) is 0 Å². The molecule has 3 fully saturated rings. The maximum Gasteiger partial charge on any atom is 0.231 e. The molecule has 0 aliphatic carbocycles. The summed E-state index contributed by atoms with van der Waals surface area (Å²) in [7, 11) is 0. The van der Waals surface area contributed by atoms with Crippen LogP contribution in [0.1, 0.15) is 50.9 Å². The van der Waals surface area contributed by atoms with Gasteiger partial charge in [-0.15, -0.1) is 0 Å². The quantitative estimate of drug-likeness (QED) is 0.851. The van der Waals surface area contributed by atoms with E-state index in [0.29, 0.717) is 18.0 Å². The molecule has 3 aliphatic heterocycles. The Hall–Kier alpha value is -0.980. The number of nitrogens with one attached hydrogen (secondary N) is 1. The van der Waals surface area contributed by atoms with Gasteiger partial charge >= 0.3 is 0 Å². The first-order valence-corrected chi connectivity index (χ1v) is 8.26. The molecule has 21 heavy (non-hydrogen) atoms. The number of hydrogen-bond donors (Lipinski definition) is 1. The lowest BCUT2D eigenvalue weighted by Gasteiger charge is -2.46. The lowest BCUT2D eigenvalue weighted by Crippen LogP contribution is -2.57. The van der Waals surface area contributed by atoms with E-state index in [2.05, 4.69) is 41.0 Å². The lowest BCUT2D eigenvalue weighted by molar-refractivity contribution is 0.00781.